The van der Waals surface area contributed by atoms with Crippen molar-refractivity contribution in [2.24, 2.45) is 5.41 Å². The van der Waals surface area contributed by atoms with E-state index in [9.17, 15) is 17.6 Å². The van der Waals surface area contributed by atoms with E-state index in [-0.39, 0.29) is 28.8 Å². The van der Waals surface area contributed by atoms with Crippen LogP contribution in [0, 0.1) is 11.2 Å². The van der Waals surface area contributed by atoms with Gasteiger partial charge >= 0.3 is 0 Å². The molecule has 1 atom stereocenters. The molecule has 5 rings (SSSR count). The van der Waals surface area contributed by atoms with Gasteiger partial charge in [-0.1, -0.05) is 66.7 Å². The smallest absolute Gasteiger partial charge is 0.234 e. The summed E-state index contributed by atoms with van der Waals surface area (Å²) in [4.78, 5) is 15.8. The van der Waals surface area contributed by atoms with Crippen molar-refractivity contribution in [2.75, 3.05) is 10.7 Å². The first-order valence-corrected chi connectivity index (χ1v) is 13.4. The largest absolute Gasteiger partial charge is 0.307 e. The third-order valence-corrected chi connectivity index (χ3v) is 8.69. The van der Waals surface area contributed by atoms with Crippen LogP contribution in [-0.4, -0.2) is 20.1 Å². The number of anilines is 1. The lowest BCUT2D eigenvalue weighted by Crippen LogP contribution is -2.50. The number of nitrogens with zero attached hydrogens (tertiary/aromatic N) is 1. The summed E-state index contributed by atoms with van der Waals surface area (Å²) in [6.45, 7) is 2.07. The predicted molar refractivity (Wildman–Crippen MR) is 140 cm³/mol. The van der Waals surface area contributed by atoms with E-state index in [4.69, 9.17) is 0 Å². The van der Waals surface area contributed by atoms with E-state index in [0.29, 0.717) is 6.54 Å². The van der Waals surface area contributed by atoms with Crippen LogP contribution in [0.15, 0.2) is 108 Å². The van der Waals surface area contributed by atoms with Crippen molar-refractivity contribution in [1.82, 2.24) is 0 Å². The van der Waals surface area contributed by atoms with Gasteiger partial charge in [0, 0.05) is 5.69 Å². The fourth-order valence-electron chi connectivity index (χ4n) is 4.91. The van der Waals surface area contributed by atoms with E-state index >= 15 is 0 Å². The number of hydrogen-bond acceptors (Lipinski definition) is 3. The Labute approximate surface area is 210 Å². The van der Waals surface area contributed by atoms with Gasteiger partial charge in [0.15, 0.2) is 9.84 Å². The lowest BCUT2D eigenvalue weighted by atomic mass is 9.79. The SMILES string of the molecule is CC1(CS(=O)(=O)c2ccccc2)Cc2cc(-c3ccc(F)cc3)ccc2N(Cc2ccccc2)C1=O. The molecular formula is C30H26FNO3S. The highest BCUT2D eigenvalue weighted by atomic mass is 32.2. The highest BCUT2D eigenvalue weighted by molar-refractivity contribution is 7.91. The minimum Gasteiger partial charge on any atom is -0.307 e. The zero-order valence-corrected chi connectivity index (χ0v) is 20.7. The number of halogens is 1. The van der Waals surface area contributed by atoms with E-state index in [1.54, 1.807) is 54.3 Å². The van der Waals surface area contributed by atoms with Crippen LogP contribution in [-0.2, 0) is 27.6 Å². The Morgan fingerprint density at radius 2 is 1.44 bits per heavy atom. The van der Waals surface area contributed by atoms with Crippen LogP contribution < -0.4 is 4.90 Å². The number of benzene rings is 4. The molecule has 1 unspecified atom stereocenters. The maximum atomic E-state index is 13.9. The summed E-state index contributed by atoms with van der Waals surface area (Å²) >= 11 is 0. The number of amides is 1. The minimum atomic E-state index is -3.71. The summed E-state index contributed by atoms with van der Waals surface area (Å²) in [5, 5.41) is 0. The quantitative estimate of drug-likeness (QED) is 0.324. The zero-order valence-electron chi connectivity index (χ0n) is 19.9. The molecule has 0 radical (unpaired) electrons. The minimum absolute atomic E-state index is 0.208. The molecule has 182 valence electrons. The van der Waals surface area contributed by atoms with E-state index in [0.717, 1.165) is 27.9 Å². The summed E-state index contributed by atoms with van der Waals surface area (Å²) in [6.07, 6.45) is 0.285. The van der Waals surface area contributed by atoms with Gasteiger partial charge in [0.25, 0.3) is 0 Å². The Kier molecular flexibility index (Phi) is 6.22. The van der Waals surface area contributed by atoms with Gasteiger partial charge in [-0.05, 0) is 72.0 Å². The van der Waals surface area contributed by atoms with E-state index in [2.05, 4.69) is 0 Å². The first kappa shape index (κ1) is 23.9. The molecule has 1 aliphatic rings. The van der Waals surface area contributed by atoms with Gasteiger partial charge in [0.2, 0.25) is 5.91 Å². The fraction of sp³-hybridized carbons (Fsp3) is 0.167. The maximum absolute atomic E-state index is 13.9. The van der Waals surface area contributed by atoms with Crippen LogP contribution in [0.4, 0.5) is 10.1 Å². The summed E-state index contributed by atoms with van der Waals surface area (Å²) in [6, 6.07) is 30.0. The van der Waals surface area contributed by atoms with Crippen molar-refractivity contribution in [1.29, 1.82) is 0 Å². The second-order valence-electron chi connectivity index (χ2n) is 9.54. The van der Waals surface area contributed by atoms with E-state index in [1.165, 1.54) is 12.1 Å². The number of fused-ring (bicyclic) bond motifs is 1. The molecule has 0 aromatic heterocycles. The molecule has 4 nitrogen and oxygen atoms in total. The van der Waals surface area contributed by atoms with Gasteiger partial charge in [-0.3, -0.25) is 4.79 Å². The zero-order chi connectivity index (χ0) is 25.3. The molecule has 4 aromatic carbocycles. The van der Waals surface area contributed by atoms with Crippen LogP contribution in [0.25, 0.3) is 11.1 Å². The average molecular weight is 500 g/mol. The fourth-order valence-corrected chi connectivity index (χ4v) is 6.71. The topological polar surface area (TPSA) is 54.5 Å². The van der Waals surface area contributed by atoms with Gasteiger partial charge in [0.1, 0.15) is 5.82 Å². The van der Waals surface area contributed by atoms with Crippen LogP contribution >= 0.6 is 0 Å². The molecule has 0 bridgehead atoms. The highest BCUT2D eigenvalue weighted by Gasteiger charge is 2.45. The van der Waals surface area contributed by atoms with Gasteiger partial charge in [-0.15, -0.1) is 0 Å². The Morgan fingerprint density at radius 1 is 0.833 bits per heavy atom. The number of carbonyl (C=O) groups excluding carboxylic acids is 1. The van der Waals surface area contributed by atoms with E-state index < -0.39 is 15.3 Å². The predicted octanol–water partition coefficient (Wildman–Crippen LogP) is 6.06. The number of sulfone groups is 1. The molecule has 0 fully saturated rings. The molecule has 1 heterocycles. The van der Waals surface area contributed by atoms with Crippen LogP contribution in [0.2, 0.25) is 0 Å². The Hall–Kier alpha value is -3.77. The Morgan fingerprint density at radius 3 is 2.11 bits per heavy atom. The molecule has 0 aliphatic carbocycles. The summed E-state index contributed by atoms with van der Waals surface area (Å²) < 4.78 is 40.2. The molecule has 0 saturated carbocycles. The highest BCUT2D eigenvalue weighted by Crippen LogP contribution is 2.41. The first-order valence-electron chi connectivity index (χ1n) is 11.8. The molecule has 0 spiro atoms. The summed E-state index contributed by atoms with van der Waals surface area (Å²) in [5.41, 5.74) is 3.19. The normalized spacial score (nSPS) is 17.6. The van der Waals surface area contributed by atoms with Gasteiger partial charge < -0.3 is 4.90 Å². The number of rotatable bonds is 6. The number of hydrogen-bond donors (Lipinski definition) is 0. The molecule has 0 N–H and O–H groups in total. The second kappa shape index (κ2) is 9.36. The van der Waals surface area contributed by atoms with Crippen LogP contribution in [0.3, 0.4) is 0 Å². The van der Waals surface area contributed by atoms with Crippen LogP contribution in [0.1, 0.15) is 18.1 Å². The summed E-state index contributed by atoms with van der Waals surface area (Å²) in [5.74, 6) is -0.822. The number of carbonyl (C=O) groups is 1. The van der Waals surface area contributed by atoms with Gasteiger partial charge in [-0.25, -0.2) is 12.8 Å². The first-order chi connectivity index (χ1) is 17.2. The van der Waals surface area contributed by atoms with Crippen molar-refractivity contribution in [3.63, 3.8) is 0 Å². The molecule has 1 aliphatic heterocycles. The molecule has 36 heavy (non-hydrogen) atoms. The van der Waals surface area contributed by atoms with Crippen molar-refractivity contribution in [3.8, 4) is 11.1 Å². The van der Waals surface area contributed by atoms with Gasteiger partial charge in [-0.2, -0.15) is 0 Å². The standard InChI is InChI=1S/C30H26FNO3S/c1-30(21-36(34,35)27-10-6-3-7-11-27)19-25-18-24(23-12-15-26(31)16-13-23)14-17-28(25)32(29(30)33)20-22-8-4-2-5-9-22/h2-18H,19-21H2,1H3. The Bertz CT molecular complexity index is 1500. The maximum Gasteiger partial charge on any atom is 0.234 e. The van der Waals surface area contributed by atoms with Crippen molar-refractivity contribution < 1.29 is 17.6 Å². The van der Waals surface area contributed by atoms with Gasteiger partial charge in [0.05, 0.1) is 22.6 Å². The monoisotopic (exact) mass is 499 g/mol. The average Bonchev–Trinajstić information content (AvgIpc) is 2.88. The Balaban J connectivity index is 1.58. The van der Waals surface area contributed by atoms with Crippen molar-refractivity contribution in [2.45, 2.75) is 24.8 Å². The second-order valence-corrected chi connectivity index (χ2v) is 11.5. The molecule has 1 amide bonds. The van der Waals surface area contributed by atoms with Crippen molar-refractivity contribution in [3.05, 3.63) is 120 Å². The lowest BCUT2D eigenvalue weighted by molar-refractivity contribution is -0.127. The van der Waals surface area contributed by atoms with E-state index in [1.807, 2.05) is 48.5 Å². The lowest BCUT2D eigenvalue weighted by Gasteiger charge is -2.40. The molecule has 4 aromatic rings. The third-order valence-electron chi connectivity index (χ3n) is 6.68. The molecule has 0 saturated heterocycles. The molecule has 6 heteroatoms. The van der Waals surface area contributed by atoms with Crippen molar-refractivity contribution >= 4 is 21.4 Å². The van der Waals surface area contributed by atoms with Crippen LogP contribution in [0.5, 0.6) is 0 Å². The molecular weight excluding hydrogens is 473 g/mol. The summed E-state index contributed by atoms with van der Waals surface area (Å²) in [7, 11) is -3.71. The third kappa shape index (κ3) is 4.69.